The quantitative estimate of drug-likeness (QED) is 0.413. The van der Waals surface area contributed by atoms with Crippen LogP contribution in [0.5, 0.6) is 0 Å². The maximum Gasteiger partial charge on any atom is 0.293 e. The van der Waals surface area contributed by atoms with Crippen LogP contribution in [0.2, 0.25) is 0 Å². The Labute approximate surface area is 191 Å². The minimum absolute atomic E-state index is 0.0695. The van der Waals surface area contributed by atoms with Crippen LogP contribution < -0.4 is 11.2 Å². The van der Waals surface area contributed by atoms with Crippen molar-refractivity contribution in [3.63, 3.8) is 0 Å². The molecule has 0 spiro atoms. The van der Waals surface area contributed by atoms with Gasteiger partial charge in [-0.2, -0.15) is 9.78 Å². The average Bonchev–Trinajstić information content (AvgIpc) is 3.41. The summed E-state index contributed by atoms with van der Waals surface area (Å²) in [7, 11) is 0. The van der Waals surface area contributed by atoms with Crippen molar-refractivity contribution in [2.75, 3.05) is 18.8 Å². The molecule has 0 unspecified atom stereocenters. The molecule has 0 radical (unpaired) electrons. The number of carbonyl (C=O) groups is 1. The Hall–Kier alpha value is -3.86. The second-order valence-electron chi connectivity index (χ2n) is 8.23. The standard InChI is InChI=1S/C22H27N9O2/c1-15-8-10-30(11-9-15)14-18-19(25-29-31(18)21-20(23)27-33-28-21)22(32)26-24-13-16(2)12-17-6-4-3-5-7-17/h3-7,12-13,15H,8-11,14H2,1-2H3,(H2,23,27)(H,26,32)/b16-12-,24-13+. The van der Waals surface area contributed by atoms with Gasteiger partial charge in [0.05, 0.1) is 11.9 Å². The molecular weight excluding hydrogens is 422 g/mol. The summed E-state index contributed by atoms with van der Waals surface area (Å²) in [4.78, 5) is 15.2. The minimum Gasteiger partial charge on any atom is -0.378 e. The fourth-order valence-electron chi connectivity index (χ4n) is 3.65. The van der Waals surface area contributed by atoms with E-state index < -0.39 is 5.91 Å². The molecule has 1 aliphatic heterocycles. The van der Waals surface area contributed by atoms with E-state index in [0.29, 0.717) is 18.2 Å². The van der Waals surface area contributed by atoms with Crippen LogP contribution in [0.1, 0.15) is 48.4 Å². The van der Waals surface area contributed by atoms with Crippen LogP contribution in [-0.2, 0) is 6.54 Å². The Morgan fingerprint density at radius 3 is 2.73 bits per heavy atom. The molecule has 11 heteroatoms. The molecule has 172 valence electrons. The molecule has 0 atom stereocenters. The van der Waals surface area contributed by atoms with Crippen molar-refractivity contribution in [3.05, 3.63) is 52.9 Å². The van der Waals surface area contributed by atoms with Crippen molar-refractivity contribution in [2.24, 2.45) is 11.0 Å². The van der Waals surface area contributed by atoms with Crippen molar-refractivity contribution in [3.8, 4) is 5.82 Å². The predicted molar refractivity (Wildman–Crippen MR) is 123 cm³/mol. The topological polar surface area (TPSA) is 140 Å². The zero-order valence-electron chi connectivity index (χ0n) is 18.7. The summed E-state index contributed by atoms with van der Waals surface area (Å²) in [5.74, 6) is 0.483. The Bertz CT molecular complexity index is 1140. The van der Waals surface area contributed by atoms with Crippen LogP contribution in [0.25, 0.3) is 11.9 Å². The van der Waals surface area contributed by atoms with E-state index in [1.807, 2.05) is 43.3 Å². The van der Waals surface area contributed by atoms with Crippen LogP contribution in [-0.4, -0.2) is 55.4 Å². The first kappa shape index (κ1) is 22.3. The van der Waals surface area contributed by atoms with Gasteiger partial charge < -0.3 is 5.73 Å². The number of amides is 1. The number of nitrogens with two attached hydrogens (primary N) is 1. The van der Waals surface area contributed by atoms with Crippen molar-refractivity contribution < 1.29 is 9.42 Å². The number of likely N-dealkylation sites (tertiary alicyclic amines) is 1. The summed E-state index contributed by atoms with van der Waals surface area (Å²) in [5.41, 5.74) is 11.0. The maximum atomic E-state index is 12.9. The zero-order valence-corrected chi connectivity index (χ0v) is 18.7. The fraction of sp³-hybridized carbons (Fsp3) is 0.364. The molecule has 1 saturated heterocycles. The molecule has 33 heavy (non-hydrogen) atoms. The molecule has 4 rings (SSSR count). The second kappa shape index (κ2) is 10.2. The molecule has 3 N–H and O–H groups in total. The highest BCUT2D eigenvalue weighted by molar-refractivity contribution is 5.94. The van der Waals surface area contributed by atoms with Gasteiger partial charge in [0.1, 0.15) is 0 Å². The van der Waals surface area contributed by atoms with Gasteiger partial charge in [0.2, 0.25) is 11.6 Å². The van der Waals surface area contributed by atoms with Crippen LogP contribution in [0.4, 0.5) is 5.82 Å². The molecular formula is C22H27N9O2. The van der Waals surface area contributed by atoms with Crippen LogP contribution >= 0.6 is 0 Å². The number of carbonyl (C=O) groups excluding carboxylic acids is 1. The number of benzene rings is 1. The summed E-state index contributed by atoms with van der Waals surface area (Å²) in [6, 6.07) is 9.86. The zero-order chi connectivity index (χ0) is 23.2. The molecule has 3 aromatic rings. The van der Waals surface area contributed by atoms with Crippen LogP contribution in [0.15, 0.2) is 45.6 Å². The predicted octanol–water partition coefficient (Wildman–Crippen LogP) is 2.28. The summed E-state index contributed by atoms with van der Waals surface area (Å²) >= 11 is 0. The molecule has 2 aromatic heterocycles. The lowest BCUT2D eigenvalue weighted by molar-refractivity contribution is 0.0947. The number of piperidine rings is 1. The molecule has 3 heterocycles. The number of hydrazone groups is 1. The lowest BCUT2D eigenvalue weighted by atomic mass is 9.99. The van der Waals surface area contributed by atoms with E-state index in [2.05, 4.69) is 43.0 Å². The molecule has 0 aliphatic carbocycles. The Morgan fingerprint density at radius 1 is 1.27 bits per heavy atom. The smallest absolute Gasteiger partial charge is 0.293 e. The molecule has 1 fully saturated rings. The maximum absolute atomic E-state index is 12.9. The van der Waals surface area contributed by atoms with Gasteiger partial charge in [-0.15, -0.1) is 5.10 Å². The van der Waals surface area contributed by atoms with E-state index in [1.54, 1.807) is 6.21 Å². The summed E-state index contributed by atoms with van der Waals surface area (Å²) < 4.78 is 6.12. The minimum atomic E-state index is -0.472. The van der Waals surface area contributed by atoms with Crippen LogP contribution in [0, 0.1) is 5.92 Å². The van der Waals surface area contributed by atoms with Crippen molar-refractivity contribution in [1.82, 2.24) is 35.6 Å². The number of aromatic nitrogens is 5. The van der Waals surface area contributed by atoms with Gasteiger partial charge in [0.15, 0.2) is 5.69 Å². The van der Waals surface area contributed by atoms with E-state index in [9.17, 15) is 4.79 Å². The summed E-state index contributed by atoms with van der Waals surface area (Å²) in [6.07, 6.45) is 5.73. The van der Waals surface area contributed by atoms with E-state index in [-0.39, 0.29) is 17.3 Å². The number of hydrogen-bond acceptors (Lipinski definition) is 9. The molecule has 1 aromatic carbocycles. The highest BCUT2D eigenvalue weighted by Gasteiger charge is 2.26. The Kier molecular flexibility index (Phi) is 6.89. The molecule has 1 amide bonds. The number of nitrogen functional groups attached to an aromatic ring is 1. The molecule has 11 nitrogen and oxygen atoms in total. The molecule has 0 saturated carbocycles. The summed E-state index contributed by atoms with van der Waals surface area (Å²) in [6.45, 7) is 6.45. The second-order valence-corrected chi connectivity index (χ2v) is 8.23. The normalized spacial score (nSPS) is 15.9. The number of nitrogens with zero attached hydrogens (tertiary/aromatic N) is 7. The van der Waals surface area contributed by atoms with Crippen molar-refractivity contribution in [2.45, 2.75) is 33.2 Å². The number of rotatable bonds is 7. The van der Waals surface area contributed by atoms with Gasteiger partial charge in [-0.25, -0.2) is 10.1 Å². The highest BCUT2D eigenvalue weighted by atomic mass is 16.6. The van der Waals surface area contributed by atoms with E-state index >= 15 is 0 Å². The fourth-order valence-corrected chi connectivity index (χ4v) is 3.65. The number of nitrogens with one attached hydrogen (secondary N) is 1. The average molecular weight is 450 g/mol. The van der Waals surface area contributed by atoms with Gasteiger partial charge in [0.25, 0.3) is 5.91 Å². The van der Waals surface area contributed by atoms with Crippen molar-refractivity contribution in [1.29, 1.82) is 0 Å². The lowest BCUT2D eigenvalue weighted by Gasteiger charge is -2.30. The largest absolute Gasteiger partial charge is 0.378 e. The van der Waals surface area contributed by atoms with Crippen molar-refractivity contribution >= 4 is 24.0 Å². The monoisotopic (exact) mass is 449 g/mol. The first-order valence-electron chi connectivity index (χ1n) is 10.8. The lowest BCUT2D eigenvalue weighted by Crippen LogP contribution is -2.34. The third-order valence-electron chi connectivity index (χ3n) is 5.55. The number of hydrogen-bond donors (Lipinski definition) is 2. The Morgan fingerprint density at radius 2 is 2.03 bits per heavy atom. The van der Waals surface area contributed by atoms with Gasteiger partial charge >= 0.3 is 0 Å². The third kappa shape index (κ3) is 5.50. The SMILES string of the molecule is CC(=C/c1ccccc1)/C=N/NC(=O)c1nnn(-c2nonc2N)c1CN1CCC(C)CC1. The molecule has 1 aliphatic rings. The third-order valence-corrected chi connectivity index (χ3v) is 5.55. The van der Waals surface area contributed by atoms with Crippen LogP contribution in [0.3, 0.4) is 0 Å². The Balaban J connectivity index is 1.52. The van der Waals surface area contributed by atoms with Gasteiger partial charge in [-0.05, 0) is 60.2 Å². The first-order valence-corrected chi connectivity index (χ1v) is 10.8. The van der Waals surface area contributed by atoms with Gasteiger partial charge in [-0.3, -0.25) is 9.69 Å². The van der Waals surface area contributed by atoms with E-state index in [1.165, 1.54) is 4.68 Å². The summed E-state index contributed by atoms with van der Waals surface area (Å²) in [5, 5.41) is 19.7. The van der Waals surface area contributed by atoms with E-state index in [4.69, 9.17) is 10.4 Å². The number of allylic oxidation sites excluding steroid dienone is 1. The van der Waals surface area contributed by atoms with Gasteiger partial charge in [0, 0.05) is 6.54 Å². The number of anilines is 1. The highest BCUT2D eigenvalue weighted by Crippen LogP contribution is 2.21. The van der Waals surface area contributed by atoms with Gasteiger partial charge in [-0.1, -0.05) is 48.5 Å². The van der Waals surface area contributed by atoms with E-state index in [0.717, 1.165) is 37.1 Å². The molecule has 0 bridgehead atoms. The first-order chi connectivity index (χ1) is 16.0.